The SMILES string of the molecule is CCc1ccc(CCCCc2ccc(-c3cc(F)c(-c4cc(F)c(C#CC(F)(F)F)c(F)c4)c(F)c3)c(F)c2)cc1. The molecule has 0 saturated carbocycles. The summed E-state index contributed by atoms with van der Waals surface area (Å²) in [5, 5.41) is 0. The molecule has 0 N–H and O–H groups in total. The van der Waals surface area contributed by atoms with E-state index in [0.717, 1.165) is 49.3 Å². The van der Waals surface area contributed by atoms with E-state index in [1.54, 1.807) is 6.07 Å². The Hall–Kier alpha value is -4.12. The zero-order valence-corrected chi connectivity index (χ0v) is 21.9. The normalized spacial score (nSPS) is 11.3. The number of unbranched alkanes of at least 4 members (excludes halogenated alkanes) is 1. The number of halogens is 8. The van der Waals surface area contributed by atoms with Crippen molar-refractivity contribution >= 4 is 0 Å². The fraction of sp³-hybridized carbons (Fsp3) is 0.212. The number of aryl methyl sites for hydroxylation is 3. The van der Waals surface area contributed by atoms with E-state index in [0.29, 0.717) is 18.6 Å². The van der Waals surface area contributed by atoms with Crippen LogP contribution < -0.4 is 0 Å². The summed E-state index contributed by atoms with van der Waals surface area (Å²) in [5.41, 5.74) is 0.448. The van der Waals surface area contributed by atoms with Gasteiger partial charge >= 0.3 is 6.18 Å². The summed E-state index contributed by atoms with van der Waals surface area (Å²) in [7, 11) is 0. The van der Waals surface area contributed by atoms with Gasteiger partial charge in [-0.3, -0.25) is 0 Å². The monoisotopic (exact) mass is 572 g/mol. The highest BCUT2D eigenvalue weighted by Gasteiger charge is 2.24. The van der Waals surface area contributed by atoms with Crippen LogP contribution in [0.25, 0.3) is 22.3 Å². The van der Waals surface area contributed by atoms with Crippen molar-refractivity contribution < 1.29 is 35.1 Å². The number of hydrogen-bond donors (Lipinski definition) is 0. The molecule has 0 radical (unpaired) electrons. The zero-order chi connectivity index (χ0) is 29.7. The van der Waals surface area contributed by atoms with Gasteiger partial charge in [0.1, 0.15) is 29.1 Å². The molecule has 0 heterocycles. The Morgan fingerprint density at radius 2 is 1.10 bits per heavy atom. The molecule has 0 amide bonds. The van der Waals surface area contributed by atoms with E-state index in [4.69, 9.17) is 0 Å². The van der Waals surface area contributed by atoms with Crippen molar-refractivity contribution in [2.24, 2.45) is 0 Å². The molecule has 212 valence electrons. The first-order valence-corrected chi connectivity index (χ1v) is 12.9. The molecule has 0 aromatic heterocycles. The molecule has 41 heavy (non-hydrogen) atoms. The van der Waals surface area contributed by atoms with Gasteiger partial charge in [-0.25, -0.2) is 22.0 Å². The number of benzene rings is 4. The van der Waals surface area contributed by atoms with Crippen LogP contribution >= 0.6 is 0 Å². The standard InChI is InChI=1S/C33H24F8/c1-2-20-7-9-21(10-8-20)5-3-4-6-22-11-12-25(27(34)15-22)23-16-30(37)32(31(38)17-23)24-18-28(35)26(29(36)19-24)13-14-33(39,40)41/h7-12,15-19H,2-6H2,1H3. The van der Waals surface area contributed by atoms with Crippen molar-refractivity contribution in [1.82, 2.24) is 0 Å². The summed E-state index contributed by atoms with van der Waals surface area (Å²) in [4.78, 5) is 0. The summed E-state index contributed by atoms with van der Waals surface area (Å²) in [5.74, 6) is -4.10. The fourth-order valence-electron chi connectivity index (χ4n) is 4.52. The van der Waals surface area contributed by atoms with Gasteiger partial charge in [0.25, 0.3) is 0 Å². The van der Waals surface area contributed by atoms with E-state index in [9.17, 15) is 35.1 Å². The van der Waals surface area contributed by atoms with E-state index < -0.39 is 52.0 Å². The van der Waals surface area contributed by atoms with Crippen LogP contribution in [0, 0.1) is 40.9 Å². The van der Waals surface area contributed by atoms with Gasteiger partial charge in [-0.15, -0.1) is 0 Å². The number of rotatable bonds is 8. The largest absolute Gasteiger partial charge is 0.458 e. The molecular formula is C33H24F8. The topological polar surface area (TPSA) is 0 Å². The summed E-state index contributed by atoms with van der Waals surface area (Å²) >= 11 is 0. The lowest BCUT2D eigenvalue weighted by Crippen LogP contribution is -2.03. The van der Waals surface area contributed by atoms with Gasteiger partial charge in [-0.1, -0.05) is 49.2 Å². The van der Waals surface area contributed by atoms with Crippen molar-refractivity contribution in [3.8, 4) is 34.1 Å². The third-order valence-corrected chi connectivity index (χ3v) is 6.66. The van der Waals surface area contributed by atoms with Gasteiger partial charge < -0.3 is 0 Å². The Kier molecular flexibility index (Phi) is 9.17. The Labute approximate surface area is 232 Å². The zero-order valence-electron chi connectivity index (χ0n) is 21.9. The van der Waals surface area contributed by atoms with Crippen LogP contribution in [0.2, 0.25) is 0 Å². The van der Waals surface area contributed by atoms with Crippen LogP contribution in [0.4, 0.5) is 35.1 Å². The summed E-state index contributed by atoms with van der Waals surface area (Å²) in [6.45, 7) is 2.10. The predicted octanol–water partition coefficient (Wildman–Crippen LogP) is 9.76. The van der Waals surface area contributed by atoms with Gasteiger partial charge in [-0.2, -0.15) is 13.2 Å². The lowest BCUT2D eigenvalue weighted by atomic mass is 9.96. The second-order valence-electron chi connectivity index (χ2n) is 9.57. The lowest BCUT2D eigenvalue weighted by molar-refractivity contribution is -0.0696. The molecule has 0 bridgehead atoms. The maximum Gasteiger partial charge on any atom is 0.458 e. The summed E-state index contributed by atoms with van der Waals surface area (Å²) in [6.07, 6.45) is -0.768. The molecule has 0 fully saturated rings. The third kappa shape index (κ3) is 7.55. The van der Waals surface area contributed by atoms with E-state index in [1.165, 1.54) is 29.2 Å². The first kappa shape index (κ1) is 29.9. The average molecular weight is 573 g/mol. The molecule has 0 aliphatic rings. The van der Waals surface area contributed by atoms with Gasteiger partial charge in [0, 0.05) is 11.5 Å². The second kappa shape index (κ2) is 12.6. The number of alkyl halides is 3. The summed E-state index contributed by atoms with van der Waals surface area (Å²) < 4.78 is 110. The molecule has 4 aromatic carbocycles. The van der Waals surface area contributed by atoms with Gasteiger partial charge in [0.05, 0.1) is 11.1 Å². The molecule has 0 unspecified atom stereocenters. The van der Waals surface area contributed by atoms with Crippen LogP contribution in [0.3, 0.4) is 0 Å². The Balaban J connectivity index is 1.49. The molecule has 0 atom stereocenters. The van der Waals surface area contributed by atoms with Crippen molar-refractivity contribution in [1.29, 1.82) is 0 Å². The molecule has 0 aliphatic carbocycles. The Morgan fingerprint density at radius 1 is 0.585 bits per heavy atom. The highest BCUT2D eigenvalue weighted by molar-refractivity contribution is 5.73. The first-order chi connectivity index (χ1) is 19.4. The predicted molar refractivity (Wildman–Crippen MR) is 142 cm³/mol. The van der Waals surface area contributed by atoms with Crippen LogP contribution in [0.15, 0.2) is 66.7 Å². The highest BCUT2D eigenvalue weighted by atomic mass is 19.4. The van der Waals surface area contributed by atoms with Crippen molar-refractivity contribution in [2.45, 2.75) is 45.2 Å². The Bertz CT molecular complexity index is 1560. The van der Waals surface area contributed by atoms with Gasteiger partial charge in [0.2, 0.25) is 0 Å². The fourth-order valence-corrected chi connectivity index (χ4v) is 4.52. The van der Waals surface area contributed by atoms with Crippen LogP contribution in [-0.2, 0) is 19.3 Å². The second-order valence-corrected chi connectivity index (χ2v) is 9.57. The van der Waals surface area contributed by atoms with Crippen LogP contribution in [0.1, 0.15) is 42.0 Å². The van der Waals surface area contributed by atoms with Gasteiger partial charge in [-0.05, 0) is 90.3 Å². The maximum atomic E-state index is 15.0. The first-order valence-electron chi connectivity index (χ1n) is 12.9. The van der Waals surface area contributed by atoms with E-state index in [-0.39, 0.29) is 11.1 Å². The van der Waals surface area contributed by atoms with E-state index >= 15 is 0 Å². The van der Waals surface area contributed by atoms with Crippen molar-refractivity contribution in [3.05, 3.63) is 118 Å². The van der Waals surface area contributed by atoms with Gasteiger partial charge in [0.15, 0.2) is 0 Å². The van der Waals surface area contributed by atoms with E-state index in [2.05, 4.69) is 31.2 Å². The van der Waals surface area contributed by atoms with Crippen LogP contribution in [-0.4, -0.2) is 6.18 Å². The maximum absolute atomic E-state index is 15.0. The molecule has 8 heteroatoms. The summed E-state index contributed by atoms with van der Waals surface area (Å²) in [6, 6.07) is 15.4. The molecule has 0 nitrogen and oxygen atoms in total. The number of hydrogen-bond acceptors (Lipinski definition) is 0. The lowest BCUT2D eigenvalue weighted by Gasteiger charge is -2.11. The highest BCUT2D eigenvalue weighted by Crippen LogP contribution is 2.34. The minimum absolute atomic E-state index is 0.0655. The quantitative estimate of drug-likeness (QED) is 0.112. The van der Waals surface area contributed by atoms with Crippen molar-refractivity contribution in [2.75, 3.05) is 0 Å². The van der Waals surface area contributed by atoms with Crippen molar-refractivity contribution in [3.63, 3.8) is 0 Å². The third-order valence-electron chi connectivity index (χ3n) is 6.66. The average Bonchev–Trinajstić information content (AvgIpc) is 2.90. The Morgan fingerprint density at radius 3 is 1.63 bits per heavy atom. The molecule has 0 saturated heterocycles. The minimum Gasteiger partial charge on any atom is -0.206 e. The molecule has 4 aromatic rings. The van der Waals surface area contributed by atoms with Crippen LogP contribution in [0.5, 0.6) is 0 Å². The van der Waals surface area contributed by atoms with E-state index in [1.807, 2.05) is 0 Å². The molecule has 0 spiro atoms. The molecule has 0 aliphatic heterocycles. The minimum atomic E-state index is -4.99. The molecule has 4 rings (SSSR count). The smallest absolute Gasteiger partial charge is 0.206 e. The molecular weight excluding hydrogens is 548 g/mol.